The minimum Gasteiger partial charge on any atom is -0.358 e. The van der Waals surface area contributed by atoms with E-state index in [2.05, 4.69) is 29.1 Å². The number of aryl methyl sites for hydroxylation is 1. The molecule has 0 atom stereocenters. The minimum absolute atomic E-state index is 0.0415. The molecule has 1 aromatic heterocycles. The Morgan fingerprint density at radius 1 is 1.37 bits per heavy atom. The molecular weight excluding hydrogens is 264 g/mol. The number of carbonyl (C=O) groups excluding carboxylic acids is 1. The first-order chi connectivity index (χ1) is 9.10. The van der Waals surface area contributed by atoms with Crippen molar-refractivity contribution in [2.24, 2.45) is 0 Å². The Morgan fingerprint density at radius 2 is 2.11 bits per heavy atom. The van der Waals surface area contributed by atoms with Gasteiger partial charge >= 0.3 is 0 Å². The third kappa shape index (κ3) is 5.03. The van der Waals surface area contributed by atoms with E-state index in [4.69, 9.17) is 11.6 Å². The molecule has 0 saturated carbocycles. The first-order valence-corrected chi connectivity index (χ1v) is 6.97. The molecule has 1 heterocycles. The third-order valence-corrected chi connectivity index (χ3v) is 2.83. The standard InChI is InChI=1S/C13H21ClN4O/c1-4-6-11-16-10(14)8-12(17-11)18(7-5-2)9-13(19)15-3/h8H,4-7,9H2,1-3H3,(H,15,19). The molecule has 19 heavy (non-hydrogen) atoms. The van der Waals surface area contributed by atoms with Crippen molar-refractivity contribution in [3.63, 3.8) is 0 Å². The van der Waals surface area contributed by atoms with E-state index >= 15 is 0 Å². The van der Waals surface area contributed by atoms with Crippen molar-refractivity contribution in [2.45, 2.75) is 33.1 Å². The summed E-state index contributed by atoms with van der Waals surface area (Å²) in [5, 5.41) is 3.04. The van der Waals surface area contributed by atoms with E-state index < -0.39 is 0 Å². The molecular formula is C13H21ClN4O. The fraction of sp³-hybridized carbons (Fsp3) is 0.615. The van der Waals surface area contributed by atoms with Crippen LogP contribution in [0.25, 0.3) is 0 Å². The van der Waals surface area contributed by atoms with Crippen molar-refractivity contribution < 1.29 is 4.79 Å². The Balaban J connectivity index is 2.96. The highest BCUT2D eigenvalue weighted by Crippen LogP contribution is 2.17. The zero-order chi connectivity index (χ0) is 14.3. The van der Waals surface area contributed by atoms with Gasteiger partial charge in [0, 0.05) is 26.1 Å². The predicted octanol–water partition coefficient (Wildman–Crippen LogP) is 2.04. The lowest BCUT2D eigenvalue weighted by atomic mass is 10.3. The largest absolute Gasteiger partial charge is 0.358 e. The SMILES string of the molecule is CCCc1nc(Cl)cc(N(CCC)CC(=O)NC)n1. The van der Waals surface area contributed by atoms with Crippen LogP contribution in [0.3, 0.4) is 0 Å². The predicted molar refractivity (Wildman–Crippen MR) is 77.6 cm³/mol. The van der Waals surface area contributed by atoms with Gasteiger partial charge in [0.1, 0.15) is 16.8 Å². The molecule has 0 fully saturated rings. The Morgan fingerprint density at radius 3 is 2.68 bits per heavy atom. The minimum atomic E-state index is -0.0415. The highest BCUT2D eigenvalue weighted by atomic mass is 35.5. The monoisotopic (exact) mass is 284 g/mol. The topological polar surface area (TPSA) is 58.1 Å². The van der Waals surface area contributed by atoms with Crippen molar-refractivity contribution in [3.8, 4) is 0 Å². The third-order valence-electron chi connectivity index (χ3n) is 2.63. The van der Waals surface area contributed by atoms with Gasteiger partial charge in [0.2, 0.25) is 5.91 Å². The first kappa shape index (κ1) is 15.7. The number of aromatic nitrogens is 2. The molecule has 1 amide bonds. The Kier molecular flexibility index (Phi) is 6.56. The molecule has 1 rings (SSSR count). The molecule has 0 aliphatic heterocycles. The lowest BCUT2D eigenvalue weighted by Crippen LogP contribution is -2.36. The summed E-state index contributed by atoms with van der Waals surface area (Å²) in [4.78, 5) is 22.1. The second-order valence-electron chi connectivity index (χ2n) is 4.31. The second kappa shape index (κ2) is 7.94. The fourth-order valence-electron chi connectivity index (χ4n) is 1.75. The number of hydrogen-bond donors (Lipinski definition) is 1. The second-order valence-corrected chi connectivity index (χ2v) is 4.70. The molecule has 1 N–H and O–H groups in total. The van der Waals surface area contributed by atoms with Crippen LogP contribution in [-0.2, 0) is 11.2 Å². The number of nitrogens with one attached hydrogen (secondary N) is 1. The van der Waals surface area contributed by atoms with Crippen LogP contribution < -0.4 is 10.2 Å². The number of likely N-dealkylation sites (N-methyl/N-ethyl adjacent to an activating group) is 1. The molecule has 6 heteroatoms. The van der Waals surface area contributed by atoms with Crippen LogP contribution in [-0.4, -0.2) is 36.0 Å². The zero-order valence-corrected chi connectivity index (χ0v) is 12.5. The van der Waals surface area contributed by atoms with Crippen LogP contribution in [0, 0.1) is 0 Å². The number of halogens is 1. The molecule has 0 aliphatic rings. The van der Waals surface area contributed by atoms with Crippen molar-refractivity contribution in [1.82, 2.24) is 15.3 Å². The van der Waals surface area contributed by atoms with Crippen molar-refractivity contribution in [1.29, 1.82) is 0 Å². The zero-order valence-electron chi connectivity index (χ0n) is 11.7. The highest BCUT2D eigenvalue weighted by molar-refractivity contribution is 6.29. The van der Waals surface area contributed by atoms with E-state index in [9.17, 15) is 4.79 Å². The van der Waals surface area contributed by atoms with Gasteiger partial charge in [-0.05, 0) is 12.8 Å². The molecule has 0 aromatic carbocycles. The van der Waals surface area contributed by atoms with E-state index in [1.54, 1.807) is 13.1 Å². The van der Waals surface area contributed by atoms with Gasteiger partial charge in [0.15, 0.2) is 0 Å². The lowest BCUT2D eigenvalue weighted by molar-refractivity contribution is -0.119. The average Bonchev–Trinajstić information content (AvgIpc) is 2.37. The molecule has 5 nitrogen and oxygen atoms in total. The Hall–Kier alpha value is -1.36. The van der Waals surface area contributed by atoms with Gasteiger partial charge in [-0.2, -0.15) is 0 Å². The lowest BCUT2D eigenvalue weighted by Gasteiger charge is -2.22. The smallest absolute Gasteiger partial charge is 0.239 e. The van der Waals surface area contributed by atoms with Crippen molar-refractivity contribution in [3.05, 3.63) is 17.0 Å². The summed E-state index contributed by atoms with van der Waals surface area (Å²) in [5.74, 6) is 1.40. The molecule has 0 unspecified atom stereocenters. The van der Waals surface area contributed by atoms with E-state index in [0.29, 0.717) is 11.0 Å². The van der Waals surface area contributed by atoms with Gasteiger partial charge in [-0.1, -0.05) is 25.4 Å². The molecule has 0 bridgehead atoms. The summed E-state index contributed by atoms with van der Waals surface area (Å²) in [5.41, 5.74) is 0. The number of nitrogens with zero attached hydrogens (tertiary/aromatic N) is 3. The summed E-state index contributed by atoms with van der Waals surface area (Å²) in [7, 11) is 1.63. The van der Waals surface area contributed by atoms with E-state index in [-0.39, 0.29) is 12.5 Å². The van der Waals surface area contributed by atoms with Crippen molar-refractivity contribution in [2.75, 3.05) is 25.0 Å². The van der Waals surface area contributed by atoms with Gasteiger partial charge in [-0.25, -0.2) is 9.97 Å². The van der Waals surface area contributed by atoms with Crippen LogP contribution in [0.15, 0.2) is 6.07 Å². The molecule has 0 spiro atoms. The van der Waals surface area contributed by atoms with Crippen LogP contribution in [0.4, 0.5) is 5.82 Å². The summed E-state index contributed by atoms with van der Waals surface area (Å²) in [6.07, 6.45) is 2.68. The van der Waals surface area contributed by atoms with Gasteiger partial charge in [-0.15, -0.1) is 0 Å². The molecule has 0 saturated heterocycles. The van der Waals surface area contributed by atoms with Crippen molar-refractivity contribution >= 4 is 23.3 Å². The average molecular weight is 285 g/mol. The van der Waals surface area contributed by atoms with Gasteiger partial charge in [-0.3, -0.25) is 4.79 Å². The highest BCUT2D eigenvalue weighted by Gasteiger charge is 2.13. The summed E-state index contributed by atoms with van der Waals surface area (Å²) < 4.78 is 0. The van der Waals surface area contributed by atoms with Crippen LogP contribution in [0.5, 0.6) is 0 Å². The van der Waals surface area contributed by atoms with E-state index in [0.717, 1.165) is 31.6 Å². The maximum absolute atomic E-state index is 11.5. The number of amides is 1. The number of rotatable bonds is 7. The Labute approximate surface area is 119 Å². The van der Waals surface area contributed by atoms with Crippen LogP contribution in [0.1, 0.15) is 32.5 Å². The van der Waals surface area contributed by atoms with E-state index in [1.165, 1.54) is 0 Å². The quantitative estimate of drug-likeness (QED) is 0.779. The van der Waals surface area contributed by atoms with Crippen LogP contribution in [0.2, 0.25) is 5.15 Å². The van der Waals surface area contributed by atoms with Gasteiger partial charge in [0.05, 0.1) is 6.54 Å². The summed E-state index contributed by atoms with van der Waals surface area (Å²) >= 11 is 6.02. The molecule has 106 valence electrons. The fourth-order valence-corrected chi connectivity index (χ4v) is 1.94. The number of anilines is 1. The maximum Gasteiger partial charge on any atom is 0.239 e. The Bertz CT molecular complexity index is 425. The molecule has 1 aromatic rings. The maximum atomic E-state index is 11.5. The van der Waals surface area contributed by atoms with Gasteiger partial charge < -0.3 is 10.2 Å². The molecule has 0 aliphatic carbocycles. The van der Waals surface area contributed by atoms with Gasteiger partial charge in [0.25, 0.3) is 0 Å². The van der Waals surface area contributed by atoms with Crippen LogP contribution >= 0.6 is 11.6 Å². The summed E-state index contributed by atoms with van der Waals surface area (Å²) in [6, 6.07) is 1.71. The first-order valence-electron chi connectivity index (χ1n) is 6.59. The molecule has 0 radical (unpaired) electrons. The summed E-state index contributed by atoms with van der Waals surface area (Å²) in [6.45, 7) is 5.17. The number of hydrogen-bond acceptors (Lipinski definition) is 4. The normalized spacial score (nSPS) is 10.3. The number of carbonyl (C=O) groups is 1. The van der Waals surface area contributed by atoms with E-state index in [1.807, 2.05) is 4.90 Å².